The summed E-state index contributed by atoms with van der Waals surface area (Å²) in [5, 5.41) is 10.3. The average molecular weight is 438 g/mol. The lowest BCUT2D eigenvalue weighted by Gasteiger charge is -2.21. The highest BCUT2D eigenvalue weighted by Crippen LogP contribution is 2.32. The van der Waals surface area contributed by atoms with Crippen molar-refractivity contribution in [2.75, 3.05) is 0 Å². The lowest BCUT2D eigenvalue weighted by Crippen LogP contribution is -2.34. The standard InChI is InChI=1S/C17H19N5O3S3/c1-8(19-16(24)25-17(2,3)4)13-21-10(6-26-13)15-22-11(7-28-15)14-20-9(5-27-14)12(18)23/h5-8H,1-4H3,(H2,18,23)(H,19,24)/t8-/m1/s1. The van der Waals surface area contributed by atoms with Crippen molar-refractivity contribution in [3.8, 4) is 21.4 Å². The Kier molecular flexibility index (Phi) is 5.77. The first-order valence-electron chi connectivity index (χ1n) is 8.29. The van der Waals surface area contributed by atoms with Crippen LogP contribution in [0.5, 0.6) is 0 Å². The molecule has 0 aliphatic heterocycles. The Morgan fingerprint density at radius 2 is 1.64 bits per heavy atom. The van der Waals surface area contributed by atoms with Gasteiger partial charge in [-0.05, 0) is 27.7 Å². The van der Waals surface area contributed by atoms with Gasteiger partial charge in [0, 0.05) is 16.1 Å². The Morgan fingerprint density at radius 3 is 2.29 bits per heavy atom. The molecule has 8 nitrogen and oxygen atoms in total. The molecule has 11 heteroatoms. The first-order valence-corrected chi connectivity index (χ1v) is 10.9. The lowest BCUT2D eigenvalue weighted by atomic mass is 10.2. The molecule has 0 aliphatic rings. The van der Waals surface area contributed by atoms with Gasteiger partial charge < -0.3 is 15.8 Å². The van der Waals surface area contributed by atoms with Crippen LogP contribution >= 0.6 is 34.0 Å². The number of alkyl carbamates (subject to hydrolysis) is 1. The van der Waals surface area contributed by atoms with Crippen LogP contribution in [0, 0.1) is 0 Å². The second-order valence-corrected chi connectivity index (χ2v) is 9.48. The van der Waals surface area contributed by atoms with Crippen LogP contribution in [0.3, 0.4) is 0 Å². The van der Waals surface area contributed by atoms with E-state index in [2.05, 4.69) is 20.3 Å². The highest BCUT2D eigenvalue weighted by atomic mass is 32.1. The van der Waals surface area contributed by atoms with Crippen molar-refractivity contribution in [2.45, 2.75) is 39.3 Å². The minimum atomic E-state index is -0.562. The first-order chi connectivity index (χ1) is 13.1. The third kappa shape index (κ3) is 4.91. The normalized spacial score (nSPS) is 12.6. The number of hydrogen-bond acceptors (Lipinski definition) is 9. The lowest BCUT2D eigenvalue weighted by molar-refractivity contribution is 0.0507. The molecule has 3 rings (SSSR count). The quantitative estimate of drug-likeness (QED) is 0.621. The monoisotopic (exact) mass is 437 g/mol. The third-order valence-electron chi connectivity index (χ3n) is 3.32. The van der Waals surface area contributed by atoms with E-state index in [0.29, 0.717) is 10.7 Å². The van der Waals surface area contributed by atoms with Gasteiger partial charge in [0.15, 0.2) is 0 Å². The molecule has 0 saturated carbocycles. The van der Waals surface area contributed by atoms with Crippen LogP contribution in [-0.2, 0) is 4.74 Å². The minimum Gasteiger partial charge on any atom is -0.444 e. The van der Waals surface area contributed by atoms with E-state index >= 15 is 0 Å². The summed E-state index contributed by atoms with van der Waals surface area (Å²) in [5.74, 6) is -0.562. The van der Waals surface area contributed by atoms with E-state index < -0.39 is 17.6 Å². The van der Waals surface area contributed by atoms with Gasteiger partial charge in [0.1, 0.15) is 37.7 Å². The number of ether oxygens (including phenoxy) is 1. The number of carbonyl (C=O) groups excluding carboxylic acids is 2. The van der Waals surface area contributed by atoms with Gasteiger partial charge in [-0.25, -0.2) is 19.7 Å². The molecule has 3 N–H and O–H groups in total. The zero-order chi connectivity index (χ0) is 20.5. The Bertz CT molecular complexity index is 1000. The molecule has 3 aromatic heterocycles. The van der Waals surface area contributed by atoms with Crippen molar-refractivity contribution in [2.24, 2.45) is 5.73 Å². The van der Waals surface area contributed by atoms with E-state index in [-0.39, 0.29) is 11.7 Å². The van der Waals surface area contributed by atoms with Crippen molar-refractivity contribution in [1.29, 1.82) is 0 Å². The highest BCUT2D eigenvalue weighted by Gasteiger charge is 2.21. The molecule has 0 spiro atoms. The SMILES string of the molecule is C[C@@H](NC(=O)OC(C)(C)C)c1nc(-c2nc(-c3nc(C(N)=O)cs3)cs2)cs1. The number of nitrogens with one attached hydrogen (secondary N) is 1. The number of amides is 2. The van der Waals surface area contributed by atoms with E-state index in [1.807, 2.05) is 38.5 Å². The van der Waals surface area contributed by atoms with Gasteiger partial charge in [-0.15, -0.1) is 34.0 Å². The zero-order valence-corrected chi connectivity index (χ0v) is 18.1. The van der Waals surface area contributed by atoms with E-state index in [9.17, 15) is 9.59 Å². The van der Waals surface area contributed by atoms with E-state index in [1.54, 1.807) is 5.38 Å². The van der Waals surface area contributed by atoms with Crippen LogP contribution < -0.4 is 11.1 Å². The van der Waals surface area contributed by atoms with Crippen molar-refractivity contribution in [3.63, 3.8) is 0 Å². The molecule has 28 heavy (non-hydrogen) atoms. The molecular formula is C17H19N5O3S3. The third-order valence-corrected chi connectivity index (χ3v) is 6.08. The number of nitrogens with zero attached hydrogens (tertiary/aromatic N) is 3. The summed E-state index contributed by atoms with van der Waals surface area (Å²) in [6, 6.07) is -0.287. The molecule has 148 valence electrons. The van der Waals surface area contributed by atoms with Crippen molar-refractivity contribution < 1.29 is 14.3 Å². The number of aromatic nitrogens is 3. The van der Waals surface area contributed by atoms with Crippen molar-refractivity contribution in [1.82, 2.24) is 20.3 Å². The van der Waals surface area contributed by atoms with Gasteiger partial charge in [-0.2, -0.15) is 0 Å². The Balaban J connectivity index is 1.71. The second-order valence-electron chi connectivity index (χ2n) is 6.88. The highest BCUT2D eigenvalue weighted by molar-refractivity contribution is 7.16. The van der Waals surface area contributed by atoms with E-state index in [4.69, 9.17) is 10.5 Å². The summed E-state index contributed by atoms with van der Waals surface area (Å²) >= 11 is 4.18. The van der Waals surface area contributed by atoms with Crippen LogP contribution in [0.15, 0.2) is 16.1 Å². The van der Waals surface area contributed by atoms with Gasteiger partial charge in [0.05, 0.1) is 6.04 Å². The first kappa shape index (κ1) is 20.4. The number of nitrogens with two attached hydrogens (primary N) is 1. The van der Waals surface area contributed by atoms with E-state index in [1.165, 1.54) is 34.0 Å². The van der Waals surface area contributed by atoms with Crippen LogP contribution in [-0.4, -0.2) is 32.6 Å². The second kappa shape index (κ2) is 7.94. The summed E-state index contributed by atoms with van der Waals surface area (Å²) in [6.45, 7) is 7.29. The molecule has 0 bridgehead atoms. The van der Waals surface area contributed by atoms with Gasteiger partial charge in [-0.1, -0.05) is 0 Å². The van der Waals surface area contributed by atoms with Crippen LogP contribution in [0.4, 0.5) is 4.79 Å². The fraction of sp³-hybridized carbons (Fsp3) is 0.353. The van der Waals surface area contributed by atoms with E-state index in [0.717, 1.165) is 15.7 Å². The summed E-state index contributed by atoms with van der Waals surface area (Å²) < 4.78 is 5.27. The topological polar surface area (TPSA) is 120 Å². The molecule has 0 aromatic carbocycles. The molecule has 0 unspecified atom stereocenters. The number of thiazole rings is 3. The molecule has 2 amide bonds. The van der Waals surface area contributed by atoms with Gasteiger partial charge in [0.2, 0.25) is 0 Å². The van der Waals surface area contributed by atoms with Crippen LogP contribution in [0.2, 0.25) is 0 Å². The summed E-state index contributed by atoms with van der Waals surface area (Å²) in [6.07, 6.45) is -0.484. The minimum absolute atomic E-state index is 0.229. The predicted octanol–water partition coefficient (Wildman–Crippen LogP) is 4.07. The van der Waals surface area contributed by atoms with Gasteiger partial charge in [0.25, 0.3) is 5.91 Å². The summed E-state index contributed by atoms with van der Waals surface area (Å²) in [4.78, 5) is 36.4. The number of carbonyl (C=O) groups is 2. The molecule has 0 aliphatic carbocycles. The zero-order valence-electron chi connectivity index (χ0n) is 15.7. The van der Waals surface area contributed by atoms with Gasteiger partial charge in [-0.3, -0.25) is 4.79 Å². The van der Waals surface area contributed by atoms with Gasteiger partial charge >= 0.3 is 6.09 Å². The number of hydrogen-bond donors (Lipinski definition) is 2. The Labute approximate surface area is 173 Å². The molecule has 0 saturated heterocycles. The average Bonchev–Trinajstić information content (AvgIpc) is 3.31. The predicted molar refractivity (Wildman–Crippen MR) is 111 cm³/mol. The molecule has 3 heterocycles. The Morgan fingerprint density at radius 1 is 1.04 bits per heavy atom. The fourth-order valence-corrected chi connectivity index (χ4v) is 4.62. The van der Waals surface area contributed by atoms with Crippen molar-refractivity contribution >= 4 is 46.0 Å². The molecule has 0 radical (unpaired) electrons. The number of primary amides is 1. The molecule has 0 fully saturated rings. The largest absolute Gasteiger partial charge is 0.444 e. The molecule has 1 atom stereocenters. The van der Waals surface area contributed by atoms with Crippen LogP contribution in [0.1, 0.15) is 49.2 Å². The maximum absolute atomic E-state index is 11.9. The summed E-state index contributed by atoms with van der Waals surface area (Å²) in [7, 11) is 0. The fourth-order valence-electron chi connectivity index (χ4n) is 2.12. The maximum atomic E-state index is 11.9. The number of rotatable bonds is 5. The summed E-state index contributed by atoms with van der Waals surface area (Å²) in [5.41, 5.74) is 6.31. The Hall–Kier alpha value is -2.37. The van der Waals surface area contributed by atoms with Crippen molar-refractivity contribution in [3.05, 3.63) is 26.8 Å². The smallest absolute Gasteiger partial charge is 0.408 e. The molecular weight excluding hydrogens is 418 g/mol. The molecule has 3 aromatic rings. The maximum Gasteiger partial charge on any atom is 0.408 e. The van der Waals surface area contributed by atoms with Crippen LogP contribution in [0.25, 0.3) is 21.4 Å².